The van der Waals surface area contributed by atoms with E-state index in [2.05, 4.69) is 15.8 Å². The normalized spacial score (nSPS) is 12.5. The molecule has 0 atom stereocenters. The van der Waals surface area contributed by atoms with E-state index in [-0.39, 0.29) is 12.4 Å². The molecule has 9 nitrogen and oxygen atoms in total. The van der Waals surface area contributed by atoms with Crippen molar-refractivity contribution >= 4 is 57.1 Å². The average Bonchev–Trinajstić information content (AvgIpc) is 3.36. The van der Waals surface area contributed by atoms with Crippen LogP contribution in [-0.4, -0.2) is 36.6 Å². The number of carbonyl (C=O) groups is 4. The molecule has 1 aliphatic carbocycles. The van der Waals surface area contributed by atoms with E-state index in [0.717, 1.165) is 46.0 Å². The van der Waals surface area contributed by atoms with Crippen molar-refractivity contribution < 1.29 is 28.7 Å². The summed E-state index contributed by atoms with van der Waals surface area (Å²) in [6.45, 7) is 3.84. The Kier molecular flexibility index (Phi) is 8.73. The Labute approximate surface area is 246 Å². The van der Waals surface area contributed by atoms with Gasteiger partial charge in [-0.3, -0.25) is 9.59 Å². The number of benzene rings is 3. The number of nitrogens with one attached hydrogen (secondary N) is 2. The summed E-state index contributed by atoms with van der Waals surface area (Å²) in [7, 11) is 0. The van der Waals surface area contributed by atoms with E-state index >= 15 is 0 Å². The number of nitrogens with zero attached hydrogens (tertiary/aromatic N) is 1. The minimum atomic E-state index is -1.02. The largest absolute Gasteiger partial charge is 0.462 e. The Morgan fingerprint density at radius 2 is 1.69 bits per heavy atom. The van der Waals surface area contributed by atoms with Crippen molar-refractivity contribution in [1.82, 2.24) is 5.43 Å². The molecule has 10 heteroatoms. The number of esters is 2. The number of thiophene rings is 1. The SMILES string of the molecule is CCOC(=O)c1c(NC(=O)C(=O)N/N=C\c2c(OC(=O)c3ccc(C)cc3)ccc3ccccc23)sc2c1CCCC2. The summed E-state index contributed by atoms with van der Waals surface area (Å²) in [6.07, 6.45) is 4.79. The lowest BCUT2D eigenvalue weighted by molar-refractivity contribution is -0.136. The van der Waals surface area contributed by atoms with Crippen molar-refractivity contribution in [2.75, 3.05) is 11.9 Å². The first-order chi connectivity index (χ1) is 20.4. The van der Waals surface area contributed by atoms with Gasteiger partial charge in [-0.25, -0.2) is 15.0 Å². The molecule has 0 unspecified atom stereocenters. The molecule has 0 saturated carbocycles. The van der Waals surface area contributed by atoms with Gasteiger partial charge in [-0.05, 0) is 74.1 Å². The molecule has 3 aromatic carbocycles. The number of rotatable bonds is 7. The molecule has 0 radical (unpaired) electrons. The molecule has 0 aliphatic heterocycles. The van der Waals surface area contributed by atoms with Gasteiger partial charge in [0.2, 0.25) is 0 Å². The van der Waals surface area contributed by atoms with Gasteiger partial charge in [-0.15, -0.1) is 11.3 Å². The van der Waals surface area contributed by atoms with Gasteiger partial charge in [0.05, 0.1) is 23.9 Å². The zero-order chi connectivity index (χ0) is 29.6. The number of hydrogen-bond donors (Lipinski definition) is 2. The molecule has 4 aromatic rings. The molecule has 42 heavy (non-hydrogen) atoms. The van der Waals surface area contributed by atoms with Gasteiger partial charge in [0.25, 0.3) is 0 Å². The van der Waals surface area contributed by atoms with E-state index in [0.29, 0.717) is 28.1 Å². The number of anilines is 1. The van der Waals surface area contributed by atoms with E-state index in [1.165, 1.54) is 17.6 Å². The van der Waals surface area contributed by atoms with E-state index < -0.39 is 23.8 Å². The standard InChI is InChI=1S/C32H29N3O6S/c1-3-40-32(39)27-23-10-6-7-11-26(23)42-30(27)34-28(36)29(37)35-33-18-24-22-9-5-4-8-20(22)16-17-25(24)41-31(38)21-14-12-19(2)13-15-21/h4-5,8-9,12-18H,3,6-7,10-11H2,1-2H3,(H,34,36)(H,35,37)/b33-18-. The predicted octanol–water partition coefficient (Wildman–Crippen LogP) is 5.57. The fraction of sp³-hybridized carbons (Fsp3) is 0.219. The highest BCUT2D eigenvalue weighted by Crippen LogP contribution is 2.38. The second-order valence-electron chi connectivity index (χ2n) is 9.74. The Morgan fingerprint density at radius 3 is 2.48 bits per heavy atom. The van der Waals surface area contributed by atoms with Crippen LogP contribution >= 0.6 is 11.3 Å². The van der Waals surface area contributed by atoms with E-state index in [9.17, 15) is 19.2 Å². The van der Waals surface area contributed by atoms with Gasteiger partial charge >= 0.3 is 23.8 Å². The van der Waals surface area contributed by atoms with Crippen molar-refractivity contribution in [2.45, 2.75) is 39.5 Å². The van der Waals surface area contributed by atoms with Crippen LogP contribution in [0.2, 0.25) is 0 Å². The Hall–Kier alpha value is -4.83. The lowest BCUT2D eigenvalue weighted by atomic mass is 9.95. The monoisotopic (exact) mass is 583 g/mol. The molecule has 0 bridgehead atoms. The zero-order valence-electron chi connectivity index (χ0n) is 23.2. The summed E-state index contributed by atoms with van der Waals surface area (Å²) in [5.41, 5.74) is 5.28. The van der Waals surface area contributed by atoms with Crippen LogP contribution in [0.5, 0.6) is 5.75 Å². The van der Waals surface area contributed by atoms with Crippen molar-refractivity contribution in [3.8, 4) is 5.75 Å². The molecule has 0 spiro atoms. The molecule has 0 fully saturated rings. The van der Waals surface area contributed by atoms with Crippen LogP contribution in [0.4, 0.5) is 5.00 Å². The summed E-state index contributed by atoms with van der Waals surface area (Å²) >= 11 is 1.29. The Bertz CT molecular complexity index is 1710. The number of carbonyl (C=O) groups excluding carboxylic acids is 4. The van der Waals surface area contributed by atoms with Crippen LogP contribution in [0, 0.1) is 6.92 Å². The topological polar surface area (TPSA) is 123 Å². The van der Waals surface area contributed by atoms with Crippen molar-refractivity contribution in [3.63, 3.8) is 0 Å². The molecule has 5 rings (SSSR count). The van der Waals surface area contributed by atoms with Crippen molar-refractivity contribution in [2.24, 2.45) is 5.10 Å². The van der Waals surface area contributed by atoms with E-state index in [1.807, 2.05) is 49.4 Å². The first kappa shape index (κ1) is 28.7. The van der Waals surface area contributed by atoms with E-state index in [4.69, 9.17) is 9.47 Å². The lowest BCUT2D eigenvalue weighted by Gasteiger charge is -2.12. The minimum Gasteiger partial charge on any atom is -0.462 e. The molecular formula is C32H29N3O6S. The molecule has 2 amide bonds. The number of aryl methyl sites for hydroxylation is 2. The third-order valence-electron chi connectivity index (χ3n) is 6.86. The minimum absolute atomic E-state index is 0.197. The Morgan fingerprint density at radius 1 is 0.929 bits per heavy atom. The second-order valence-corrected chi connectivity index (χ2v) is 10.8. The van der Waals surface area contributed by atoms with Crippen LogP contribution in [-0.2, 0) is 27.2 Å². The van der Waals surface area contributed by atoms with E-state index in [1.54, 1.807) is 25.1 Å². The molecule has 2 N–H and O–H groups in total. The molecule has 214 valence electrons. The smallest absolute Gasteiger partial charge is 0.343 e. The molecular weight excluding hydrogens is 554 g/mol. The summed E-state index contributed by atoms with van der Waals surface area (Å²) in [5.74, 6) is -2.82. The highest BCUT2D eigenvalue weighted by molar-refractivity contribution is 7.17. The first-order valence-electron chi connectivity index (χ1n) is 13.6. The number of ether oxygens (including phenoxy) is 2. The second kappa shape index (κ2) is 12.8. The number of fused-ring (bicyclic) bond motifs is 2. The van der Waals surface area contributed by atoms with Crippen LogP contribution in [0.25, 0.3) is 10.8 Å². The maximum absolute atomic E-state index is 12.8. The summed E-state index contributed by atoms with van der Waals surface area (Å²) in [6, 6.07) is 17.9. The van der Waals surface area contributed by atoms with Crippen LogP contribution in [0.15, 0.2) is 65.8 Å². The van der Waals surface area contributed by atoms with Gasteiger partial charge in [0.1, 0.15) is 10.8 Å². The number of hydrogen-bond acceptors (Lipinski definition) is 8. The van der Waals surface area contributed by atoms with Crippen LogP contribution in [0.1, 0.15) is 62.0 Å². The fourth-order valence-corrected chi connectivity index (χ4v) is 6.06. The van der Waals surface area contributed by atoms with Crippen LogP contribution in [0.3, 0.4) is 0 Å². The molecule has 1 heterocycles. The summed E-state index contributed by atoms with van der Waals surface area (Å²) in [5, 5.41) is 8.46. The van der Waals surface area contributed by atoms with Crippen molar-refractivity contribution in [3.05, 3.63) is 93.4 Å². The highest BCUT2D eigenvalue weighted by atomic mass is 32.1. The molecule has 1 aliphatic rings. The summed E-state index contributed by atoms with van der Waals surface area (Å²) in [4.78, 5) is 52.0. The summed E-state index contributed by atoms with van der Waals surface area (Å²) < 4.78 is 10.9. The van der Waals surface area contributed by atoms with Crippen molar-refractivity contribution in [1.29, 1.82) is 0 Å². The highest BCUT2D eigenvalue weighted by Gasteiger charge is 2.28. The molecule has 1 aromatic heterocycles. The molecule has 0 saturated heterocycles. The van der Waals surface area contributed by atoms with Crippen LogP contribution < -0.4 is 15.5 Å². The maximum atomic E-state index is 12.8. The Balaban J connectivity index is 1.34. The fourth-order valence-electron chi connectivity index (χ4n) is 4.79. The number of hydrazone groups is 1. The first-order valence-corrected chi connectivity index (χ1v) is 14.4. The number of amides is 2. The lowest BCUT2D eigenvalue weighted by Crippen LogP contribution is -2.32. The van der Waals surface area contributed by atoms with Gasteiger partial charge in [-0.2, -0.15) is 5.10 Å². The van der Waals surface area contributed by atoms with Gasteiger partial charge in [0, 0.05) is 10.4 Å². The third kappa shape index (κ3) is 6.23. The van der Waals surface area contributed by atoms with Gasteiger partial charge in [0.15, 0.2) is 0 Å². The van der Waals surface area contributed by atoms with Gasteiger partial charge < -0.3 is 14.8 Å². The third-order valence-corrected chi connectivity index (χ3v) is 8.07. The maximum Gasteiger partial charge on any atom is 0.343 e. The quantitative estimate of drug-likeness (QED) is 0.0964. The van der Waals surface area contributed by atoms with Gasteiger partial charge in [-0.1, -0.05) is 48.0 Å². The predicted molar refractivity (Wildman–Crippen MR) is 161 cm³/mol. The zero-order valence-corrected chi connectivity index (χ0v) is 24.0. The average molecular weight is 584 g/mol.